The minimum atomic E-state index is -0.0950. The van der Waals surface area contributed by atoms with E-state index in [0.717, 1.165) is 22.7 Å². The van der Waals surface area contributed by atoms with E-state index >= 15 is 0 Å². The highest BCUT2D eigenvalue weighted by atomic mass is 32.1. The first kappa shape index (κ1) is 21.6. The second-order valence-electron chi connectivity index (χ2n) is 8.53. The molecule has 168 valence electrons. The Bertz CT molecular complexity index is 1240. The Balaban J connectivity index is 1.23. The van der Waals surface area contributed by atoms with Crippen LogP contribution in [0.4, 0.5) is 0 Å². The molecule has 2 aromatic heterocycles. The Hall–Kier alpha value is -3.22. The molecule has 6 heteroatoms. The number of hydrogen-bond donors (Lipinski definition) is 1. The molecule has 0 atom stereocenters. The Labute approximate surface area is 198 Å². The Kier molecular flexibility index (Phi) is 6.37. The molecule has 1 fully saturated rings. The zero-order valence-corrected chi connectivity index (χ0v) is 19.5. The second-order valence-corrected chi connectivity index (χ2v) is 9.82. The van der Waals surface area contributed by atoms with E-state index < -0.39 is 0 Å². The van der Waals surface area contributed by atoms with E-state index in [9.17, 15) is 4.79 Å². The van der Waals surface area contributed by atoms with E-state index in [2.05, 4.69) is 63.9 Å². The van der Waals surface area contributed by atoms with E-state index in [1.54, 1.807) is 0 Å². The molecule has 0 radical (unpaired) electrons. The van der Waals surface area contributed by atoms with Crippen LogP contribution in [0.15, 0.2) is 71.3 Å². The predicted octanol–water partition coefficient (Wildman–Crippen LogP) is 5.90. The van der Waals surface area contributed by atoms with E-state index in [-0.39, 0.29) is 5.91 Å². The molecule has 1 aliphatic rings. The monoisotopic (exact) mass is 457 g/mol. The summed E-state index contributed by atoms with van der Waals surface area (Å²) in [5.74, 6) is 0.535. The highest BCUT2D eigenvalue weighted by Gasteiger charge is 2.13. The minimum absolute atomic E-state index is 0.0950. The zero-order valence-electron chi connectivity index (χ0n) is 18.7. The van der Waals surface area contributed by atoms with E-state index in [1.165, 1.54) is 54.0 Å². The van der Waals surface area contributed by atoms with E-state index in [1.807, 2.05) is 25.1 Å². The van der Waals surface area contributed by atoms with Crippen LogP contribution in [0.3, 0.4) is 0 Å². The van der Waals surface area contributed by atoms with Crippen molar-refractivity contribution < 1.29 is 9.32 Å². The van der Waals surface area contributed by atoms with Gasteiger partial charge >= 0.3 is 0 Å². The number of likely N-dealkylation sites (tertiary alicyclic amines) is 1. The maximum atomic E-state index is 12.2. The number of thiophene rings is 1. The highest BCUT2D eigenvalue weighted by molar-refractivity contribution is 7.13. The van der Waals surface area contributed by atoms with Crippen LogP contribution in [-0.2, 0) is 13.1 Å². The fourth-order valence-electron chi connectivity index (χ4n) is 4.23. The average Bonchev–Trinajstić information content (AvgIpc) is 3.60. The van der Waals surface area contributed by atoms with Crippen molar-refractivity contribution in [3.63, 3.8) is 0 Å². The summed E-state index contributed by atoms with van der Waals surface area (Å²) in [6.45, 7) is 5.73. The molecule has 0 unspecified atom stereocenters. The first-order chi connectivity index (χ1) is 16.1. The number of carbonyl (C=O) groups is 1. The quantitative estimate of drug-likeness (QED) is 0.375. The van der Waals surface area contributed by atoms with Gasteiger partial charge in [0.2, 0.25) is 0 Å². The van der Waals surface area contributed by atoms with Crippen LogP contribution in [0, 0.1) is 6.92 Å². The summed E-state index contributed by atoms with van der Waals surface area (Å²) in [5, 5.41) is 7.08. The molecule has 2 aromatic carbocycles. The SMILES string of the molecule is Cc1ccc(C(=O)NCc2cc(-c3ccc(-c4cccc(CN5CCCC5)c4)cc3)no2)s1. The number of nitrogens with zero attached hydrogens (tertiary/aromatic N) is 2. The van der Waals surface area contributed by atoms with Gasteiger partial charge in [0.05, 0.1) is 11.4 Å². The Morgan fingerprint density at radius 3 is 2.55 bits per heavy atom. The van der Waals surface area contributed by atoms with Crippen molar-refractivity contribution in [2.75, 3.05) is 13.1 Å². The fourth-order valence-corrected chi connectivity index (χ4v) is 5.01. The molecule has 3 heterocycles. The lowest BCUT2D eigenvalue weighted by Crippen LogP contribution is -2.21. The molecule has 1 N–H and O–H groups in total. The summed E-state index contributed by atoms with van der Waals surface area (Å²) in [4.78, 5) is 16.6. The number of nitrogens with one attached hydrogen (secondary N) is 1. The number of amides is 1. The van der Waals surface area contributed by atoms with Gasteiger partial charge in [-0.25, -0.2) is 0 Å². The molecule has 1 amide bonds. The molecule has 5 nitrogen and oxygen atoms in total. The summed E-state index contributed by atoms with van der Waals surface area (Å²) in [5.41, 5.74) is 5.52. The smallest absolute Gasteiger partial charge is 0.261 e. The van der Waals surface area contributed by atoms with Gasteiger partial charge < -0.3 is 9.84 Å². The van der Waals surface area contributed by atoms with Crippen molar-refractivity contribution in [3.05, 3.63) is 87.8 Å². The minimum Gasteiger partial charge on any atom is -0.359 e. The van der Waals surface area contributed by atoms with Crippen LogP contribution in [-0.4, -0.2) is 29.1 Å². The predicted molar refractivity (Wildman–Crippen MR) is 132 cm³/mol. The van der Waals surface area contributed by atoms with Crippen LogP contribution < -0.4 is 5.32 Å². The summed E-state index contributed by atoms with van der Waals surface area (Å²) in [6, 6.07) is 22.9. The normalized spacial score (nSPS) is 14.0. The summed E-state index contributed by atoms with van der Waals surface area (Å²) < 4.78 is 5.44. The van der Waals surface area contributed by atoms with Crippen LogP contribution in [0.1, 0.15) is 38.7 Å². The molecule has 0 aliphatic carbocycles. The molecule has 33 heavy (non-hydrogen) atoms. The number of carbonyl (C=O) groups excluding carboxylic acids is 1. The van der Waals surface area contributed by atoms with E-state index in [4.69, 9.17) is 4.52 Å². The van der Waals surface area contributed by atoms with Gasteiger partial charge in [0.15, 0.2) is 5.76 Å². The van der Waals surface area contributed by atoms with Crippen LogP contribution >= 0.6 is 11.3 Å². The topological polar surface area (TPSA) is 58.4 Å². The van der Waals surface area contributed by atoms with Gasteiger partial charge in [-0.3, -0.25) is 9.69 Å². The van der Waals surface area contributed by atoms with Crippen molar-refractivity contribution in [2.24, 2.45) is 0 Å². The average molecular weight is 458 g/mol. The van der Waals surface area contributed by atoms with Crippen LogP contribution in [0.5, 0.6) is 0 Å². The summed E-state index contributed by atoms with van der Waals surface area (Å²) in [7, 11) is 0. The highest BCUT2D eigenvalue weighted by Crippen LogP contribution is 2.26. The van der Waals surface area contributed by atoms with Gasteiger partial charge in [-0.2, -0.15) is 0 Å². The third-order valence-electron chi connectivity index (χ3n) is 5.99. The summed E-state index contributed by atoms with van der Waals surface area (Å²) in [6.07, 6.45) is 2.62. The molecule has 0 bridgehead atoms. The third-order valence-corrected chi connectivity index (χ3v) is 6.99. The van der Waals surface area contributed by atoms with Crippen molar-refractivity contribution in [3.8, 4) is 22.4 Å². The third kappa shape index (κ3) is 5.24. The number of hydrogen-bond acceptors (Lipinski definition) is 5. The number of benzene rings is 2. The molecule has 1 aliphatic heterocycles. The molecule has 0 spiro atoms. The van der Waals surface area contributed by atoms with Gasteiger partial charge in [-0.1, -0.05) is 47.6 Å². The van der Waals surface area contributed by atoms with Gasteiger partial charge in [-0.15, -0.1) is 11.3 Å². The Morgan fingerprint density at radius 1 is 1.00 bits per heavy atom. The maximum absolute atomic E-state index is 12.2. The van der Waals surface area contributed by atoms with Crippen LogP contribution in [0.2, 0.25) is 0 Å². The zero-order chi connectivity index (χ0) is 22.6. The second kappa shape index (κ2) is 9.73. The lowest BCUT2D eigenvalue weighted by Gasteiger charge is -2.15. The van der Waals surface area contributed by atoms with Gasteiger partial charge in [0, 0.05) is 23.1 Å². The number of aryl methyl sites for hydroxylation is 1. The lowest BCUT2D eigenvalue weighted by molar-refractivity contribution is 0.0951. The lowest BCUT2D eigenvalue weighted by atomic mass is 10.0. The standard InChI is InChI=1S/C27H27N3O2S/c1-19-7-12-26(33-19)27(31)28-17-24-16-25(29-32-24)22-10-8-21(9-11-22)23-6-4-5-20(15-23)18-30-13-2-3-14-30/h4-12,15-16H,2-3,13-14,17-18H2,1H3,(H,28,31). The molecular weight excluding hydrogens is 430 g/mol. The Morgan fingerprint density at radius 2 is 1.79 bits per heavy atom. The summed E-state index contributed by atoms with van der Waals surface area (Å²) >= 11 is 1.48. The van der Waals surface area contributed by atoms with Crippen LogP contribution in [0.25, 0.3) is 22.4 Å². The van der Waals surface area contributed by atoms with Crippen molar-refractivity contribution in [1.82, 2.24) is 15.4 Å². The maximum Gasteiger partial charge on any atom is 0.261 e. The van der Waals surface area contributed by atoms with Crippen molar-refractivity contribution in [1.29, 1.82) is 0 Å². The van der Waals surface area contributed by atoms with Gasteiger partial charge in [-0.05, 0) is 67.7 Å². The number of aromatic nitrogens is 1. The van der Waals surface area contributed by atoms with E-state index in [0.29, 0.717) is 17.2 Å². The fraction of sp³-hybridized carbons (Fsp3) is 0.259. The number of rotatable bonds is 7. The van der Waals surface area contributed by atoms with Crippen molar-refractivity contribution >= 4 is 17.2 Å². The van der Waals surface area contributed by atoms with Gasteiger partial charge in [0.1, 0.15) is 5.69 Å². The molecular formula is C27H27N3O2S. The first-order valence-corrected chi connectivity index (χ1v) is 12.2. The molecule has 0 saturated carbocycles. The first-order valence-electron chi connectivity index (χ1n) is 11.4. The molecule has 1 saturated heterocycles. The molecule has 4 aromatic rings. The molecule has 5 rings (SSSR count). The van der Waals surface area contributed by atoms with Crippen molar-refractivity contribution in [2.45, 2.75) is 32.9 Å². The van der Waals surface area contributed by atoms with Gasteiger partial charge in [0.25, 0.3) is 5.91 Å². The largest absolute Gasteiger partial charge is 0.359 e.